The first-order chi connectivity index (χ1) is 11.7. The molecule has 118 valence electrons. The van der Waals surface area contributed by atoms with E-state index in [-0.39, 0.29) is 12.1 Å². The molecule has 2 amide bonds. The van der Waals surface area contributed by atoms with Gasteiger partial charge in [0.15, 0.2) is 0 Å². The second-order valence-corrected chi connectivity index (χ2v) is 5.97. The molecule has 0 fully saturated rings. The summed E-state index contributed by atoms with van der Waals surface area (Å²) in [5.41, 5.74) is 2.71. The number of halogens is 1. The minimum absolute atomic E-state index is 0.211. The summed E-state index contributed by atoms with van der Waals surface area (Å²) >= 11 is 6.21. The first kappa shape index (κ1) is 14.7. The number of benzene rings is 2. The number of fused-ring (bicyclic) bond motifs is 1. The molecule has 1 unspecified atom stereocenters. The molecule has 24 heavy (non-hydrogen) atoms. The summed E-state index contributed by atoms with van der Waals surface area (Å²) in [6, 6.07) is 20.4. The molecule has 3 aromatic rings. The SMILES string of the molecule is O=C1Nc2ccc(Cl)cc2C(c2ccccc2)N1c1ccccn1. The van der Waals surface area contributed by atoms with E-state index >= 15 is 0 Å². The number of nitrogens with one attached hydrogen (secondary N) is 1. The highest BCUT2D eigenvalue weighted by atomic mass is 35.5. The predicted molar refractivity (Wildman–Crippen MR) is 95.5 cm³/mol. The van der Waals surface area contributed by atoms with Gasteiger partial charge in [-0.05, 0) is 35.9 Å². The van der Waals surface area contributed by atoms with Gasteiger partial charge in [-0.15, -0.1) is 0 Å². The van der Waals surface area contributed by atoms with E-state index in [1.54, 1.807) is 17.2 Å². The van der Waals surface area contributed by atoms with Crippen LogP contribution < -0.4 is 10.2 Å². The van der Waals surface area contributed by atoms with Crippen molar-refractivity contribution in [3.63, 3.8) is 0 Å². The average molecular weight is 336 g/mol. The van der Waals surface area contributed by atoms with Crippen molar-refractivity contribution in [1.29, 1.82) is 0 Å². The lowest BCUT2D eigenvalue weighted by Crippen LogP contribution is -2.43. The quantitative estimate of drug-likeness (QED) is 0.725. The molecule has 0 radical (unpaired) electrons. The van der Waals surface area contributed by atoms with Crippen molar-refractivity contribution < 1.29 is 4.79 Å². The number of anilines is 2. The van der Waals surface area contributed by atoms with Crippen molar-refractivity contribution in [3.8, 4) is 0 Å². The van der Waals surface area contributed by atoms with Gasteiger partial charge in [-0.2, -0.15) is 0 Å². The fraction of sp³-hybridized carbons (Fsp3) is 0.0526. The summed E-state index contributed by atoms with van der Waals surface area (Å²) in [4.78, 5) is 18.8. The number of urea groups is 1. The minimum atomic E-state index is -0.288. The molecule has 0 aliphatic carbocycles. The normalized spacial score (nSPS) is 16.5. The van der Waals surface area contributed by atoms with E-state index in [9.17, 15) is 4.79 Å². The van der Waals surface area contributed by atoms with Gasteiger partial charge in [0.1, 0.15) is 5.82 Å². The molecule has 0 spiro atoms. The maximum atomic E-state index is 12.8. The molecule has 1 aromatic heterocycles. The van der Waals surface area contributed by atoms with Gasteiger partial charge in [0.2, 0.25) is 0 Å². The molecule has 5 heteroatoms. The molecule has 0 saturated carbocycles. The van der Waals surface area contributed by atoms with E-state index in [1.807, 2.05) is 60.7 Å². The molecule has 1 aliphatic heterocycles. The number of pyridine rings is 1. The molecule has 4 rings (SSSR count). The number of hydrogen-bond donors (Lipinski definition) is 1. The topological polar surface area (TPSA) is 45.2 Å². The van der Waals surface area contributed by atoms with Gasteiger partial charge in [0.05, 0.1) is 6.04 Å². The largest absolute Gasteiger partial charge is 0.328 e. The van der Waals surface area contributed by atoms with Crippen molar-refractivity contribution >= 4 is 29.1 Å². The van der Waals surface area contributed by atoms with Gasteiger partial charge < -0.3 is 5.32 Å². The molecule has 2 heterocycles. The zero-order chi connectivity index (χ0) is 16.5. The number of hydrogen-bond acceptors (Lipinski definition) is 2. The summed E-state index contributed by atoms with van der Waals surface area (Å²) in [7, 11) is 0. The summed E-state index contributed by atoms with van der Waals surface area (Å²) in [6.45, 7) is 0. The number of aromatic nitrogens is 1. The van der Waals surface area contributed by atoms with Crippen LogP contribution in [0.15, 0.2) is 72.9 Å². The fourth-order valence-corrected chi connectivity index (χ4v) is 3.18. The molecule has 0 bridgehead atoms. The molecule has 2 aromatic carbocycles. The van der Waals surface area contributed by atoms with E-state index in [1.165, 1.54) is 0 Å². The first-order valence-electron chi connectivity index (χ1n) is 7.60. The summed E-state index contributed by atoms with van der Waals surface area (Å²) in [5.74, 6) is 0.592. The van der Waals surface area contributed by atoms with Crippen molar-refractivity contribution in [3.05, 3.63) is 89.1 Å². The van der Waals surface area contributed by atoms with Crippen LogP contribution in [-0.4, -0.2) is 11.0 Å². The highest BCUT2D eigenvalue weighted by Gasteiger charge is 2.35. The maximum absolute atomic E-state index is 12.8. The van der Waals surface area contributed by atoms with Crippen molar-refractivity contribution in [2.75, 3.05) is 10.2 Å². The Hall–Kier alpha value is -2.85. The van der Waals surface area contributed by atoms with Gasteiger partial charge >= 0.3 is 6.03 Å². The third-order valence-electron chi connectivity index (χ3n) is 4.04. The number of nitrogens with zero attached hydrogens (tertiary/aromatic N) is 2. The Kier molecular flexibility index (Phi) is 3.67. The Balaban J connectivity index is 1.94. The molecular weight excluding hydrogens is 322 g/mol. The number of amides is 2. The van der Waals surface area contributed by atoms with Gasteiger partial charge in [0.25, 0.3) is 0 Å². The lowest BCUT2D eigenvalue weighted by Gasteiger charge is -2.37. The van der Waals surface area contributed by atoms with Crippen LogP contribution in [-0.2, 0) is 0 Å². The first-order valence-corrected chi connectivity index (χ1v) is 7.97. The Morgan fingerprint density at radius 2 is 1.79 bits per heavy atom. The third kappa shape index (κ3) is 2.51. The monoisotopic (exact) mass is 335 g/mol. The van der Waals surface area contributed by atoms with Crippen LogP contribution in [0.3, 0.4) is 0 Å². The van der Waals surface area contributed by atoms with Gasteiger partial charge in [-0.3, -0.25) is 4.90 Å². The molecular formula is C19H14ClN3O. The van der Waals surface area contributed by atoms with Crippen molar-refractivity contribution in [2.45, 2.75) is 6.04 Å². The lowest BCUT2D eigenvalue weighted by molar-refractivity contribution is 0.254. The van der Waals surface area contributed by atoms with E-state index in [0.29, 0.717) is 10.8 Å². The number of carbonyl (C=O) groups is 1. The van der Waals surface area contributed by atoms with E-state index < -0.39 is 0 Å². The van der Waals surface area contributed by atoms with Crippen molar-refractivity contribution in [1.82, 2.24) is 4.98 Å². The van der Waals surface area contributed by atoms with Crippen LogP contribution in [0.2, 0.25) is 5.02 Å². The number of carbonyl (C=O) groups excluding carboxylic acids is 1. The highest BCUT2D eigenvalue weighted by Crippen LogP contribution is 2.40. The van der Waals surface area contributed by atoms with Gasteiger partial charge in [-0.25, -0.2) is 9.78 Å². The summed E-state index contributed by atoms with van der Waals surface area (Å²) in [6.07, 6.45) is 1.68. The maximum Gasteiger partial charge on any atom is 0.328 e. The summed E-state index contributed by atoms with van der Waals surface area (Å²) < 4.78 is 0. The average Bonchev–Trinajstić information content (AvgIpc) is 2.62. The summed E-state index contributed by atoms with van der Waals surface area (Å²) in [5, 5.41) is 3.56. The Labute approximate surface area is 144 Å². The predicted octanol–water partition coefficient (Wildman–Crippen LogP) is 4.88. The van der Waals surface area contributed by atoms with Gasteiger partial charge in [-0.1, -0.05) is 48.0 Å². The molecule has 4 nitrogen and oxygen atoms in total. The third-order valence-corrected chi connectivity index (χ3v) is 4.27. The highest BCUT2D eigenvalue weighted by molar-refractivity contribution is 6.30. The van der Waals surface area contributed by atoms with Gasteiger partial charge in [0, 0.05) is 22.5 Å². The molecule has 1 atom stereocenters. The number of rotatable bonds is 2. The van der Waals surface area contributed by atoms with Crippen LogP contribution in [0, 0.1) is 0 Å². The Morgan fingerprint density at radius 1 is 1.00 bits per heavy atom. The van der Waals surface area contributed by atoms with Crippen LogP contribution >= 0.6 is 11.6 Å². The minimum Gasteiger partial charge on any atom is -0.307 e. The molecule has 1 aliphatic rings. The zero-order valence-electron chi connectivity index (χ0n) is 12.7. The van der Waals surface area contributed by atoms with Crippen molar-refractivity contribution in [2.24, 2.45) is 0 Å². The van der Waals surface area contributed by atoms with E-state index in [4.69, 9.17) is 11.6 Å². The molecule has 0 saturated heterocycles. The Bertz CT molecular complexity index is 884. The second-order valence-electron chi connectivity index (χ2n) is 5.53. The molecule has 1 N–H and O–H groups in total. The lowest BCUT2D eigenvalue weighted by atomic mass is 9.94. The Morgan fingerprint density at radius 3 is 2.54 bits per heavy atom. The van der Waals surface area contributed by atoms with Crippen LogP contribution in [0.1, 0.15) is 17.2 Å². The van der Waals surface area contributed by atoms with Crippen LogP contribution in [0.25, 0.3) is 0 Å². The van der Waals surface area contributed by atoms with Crippen LogP contribution in [0.4, 0.5) is 16.3 Å². The van der Waals surface area contributed by atoms with E-state index in [0.717, 1.165) is 16.8 Å². The zero-order valence-corrected chi connectivity index (χ0v) is 13.4. The standard InChI is InChI=1S/C19H14ClN3O/c20-14-9-10-16-15(12-14)18(13-6-2-1-3-7-13)23(19(24)22-16)17-8-4-5-11-21-17/h1-12,18H,(H,22,24). The van der Waals surface area contributed by atoms with Crippen LogP contribution in [0.5, 0.6) is 0 Å². The smallest absolute Gasteiger partial charge is 0.307 e. The van der Waals surface area contributed by atoms with E-state index in [2.05, 4.69) is 10.3 Å². The second kappa shape index (κ2) is 5.98. The fourth-order valence-electron chi connectivity index (χ4n) is 3.00.